The summed E-state index contributed by atoms with van der Waals surface area (Å²) in [5, 5.41) is 30.0. The largest absolute Gasteiger partial charge is 0.393 e. The van der Waals surface area contributed by atoms with Gasteiger partial charge >= 0.3 is 0 Å². The Labute approximate surface area is 174 Å². The van der Waals surface area contributed by atoms with Gasteiger partial charge in [-0.2, -0.15) is 0 Å². The zero-order valence-electron chi connectivity index (χ0n) is 18.0. The molecule has 0 spiro atoms. The van der Waals surface area contributed by atoms with Crippen LogP contribution in [0.3, 0.4) is 0 Å². The number of hydrogen-bond acceptors (Lipinski definition) is 4. The van der Waals surface area contributed by atoms with Gasteiger partial charge in [0.2, 0.25) is 0 Å². The van der Waals surface area contributed by atoms with E-state index < -0.39 is 18.3 Å². The summed E-state index contributed by atoms with van der Waals surface area (Å²) in [5.41, 5.74) is 3.97. The van der Waals surface area contributed by atoms with Gasteiger partial charge in [0.15, 0.2) is 5.78 Å². The zero-order chi connectivity index (χ0) is 20.9. The van der Waals surface area contributed by atoms with Crippen molar-refractivity contribution in [1.82, 2.24) is 0 Å². The summed E-state index contributed by atoms with van der Waals surface area (Å²) < 4.78 is 0. The predicted octanol–water partition coefficient (Wildman–Crippen LogP) is 3.71. The molecule has 29 heavy (non-hydrogen) atoms. The van der Waals surface area contributed by atoms with Crippen molar-refractivity contribution in [3.05, 3.63) is 34.9 Å². The highest BCUT2D eigenvalue weighted by atomic mass is 16.3. The van der Waals surface area contributed by atoms with Gasteiger partial charge in [0, 0.05) is 11.8 Å². The van der Waals surface area contributed by atoms with Crippen molar-refractivity contribution >= 4 is 5.78 Å². The Balaban J connectivity index is 1.66. The average molecular weight is 401 g/mol. The van der Waals surface area contributed by atoms with Gasteiger partial charge in [-0.25, -0.2) is 0 Å². The maximum atomic E-state index is 13.0. The molecule has 8 atom stereocenters. The molecule has 0 aromatic rings. The van der Waals surface area contributed by atoms with Crippen LogP contribution >= 0.6 is 0 Å². The van der Waals surface area contributed by atoms with Crippen LogP contribution in [0.25, 0.3) is 0 Å². The van der Waals surface area contributed by atoms with Gasteiger partial charge in [0.05, 0.1) is 18.3 Å². The molecule has 0 aromatic carbocycles. The molecule has 4 heteroatoms. The molecule has 0 heterocycles. The van der Waals surface area contributed by atoms with Crippen LogP contribution in [0, 0.1) is 29.1 Å². The van der Waals surface area contributed by atoms with E-state index in [4.69, 9.17) is 0 Å². The molecule has 2 fully saturated rings. The number of allylic oxidation sites excluding steroid dienone is 4. The van der Waals surface area contributed by atoms with E-state index in [2.05, 4.69) is 19.9 Å². The Bertz CT molecular complexity index is 761. The first-order valence-electron chi connectivity index (χ1n) is 11.4. The molecule has 160 valence electrons. The lowest BCUT2D eigenvalue weighted by atomic mass is 9.58. The summed E-state index contributed by atoms with van der Waals surface area (Å²) in [5.74, 6) is 1.27. The molecule has 0 unspecified atom stereocenters. The molecular weight excluding hydrogens is 364 g/mol. The molecule has 0 saturated heterocycles. The Morgan fingerprint density at radius 3 is 2.76 bits per heavy atom. The molecule has 4 rings (SSSR count). The van der Waals surface area contributed by atoms with Crippen LogP contribution in [0.15, 0.2) is 34.9 Å². The van der Waals surface area contributed by atoms with Crippen molar-refractivity contribution in [3.63, 3.8) is 0 Å². The first-order chi connectivity index (χ1) is 13.7. The maximum absolute atomic E-state index is 13.0. The van der Waals surface area contributed by atoms with Crippen LogP contribution < -0.4 is 0 Å². The van der Waals surface area contributed by atoms with Gasteiger partial charge in [-0.05, 0) is 82.1 Å². The molecule has 0 amide bonds. The molecule has 3 N–H and O–H groups in total. The lowest BCUT2D eigenvalue weighted by Gasteiger charge is -2.46. The summed E-state index contributed by atoms with van der Waals surface area (Å²) in [7, 11) is 0. The number of hydrogen-bond donors (Lipinski definition) is 3. The van der Waals surface area contributed by atoms with Gasteiger partial charge < -0.3 is 15.3 Å². The smallest absolute Gasteiger partial charge is 0.159 e. The van der Waals surface area contributed by atoms with E-state index in [1.807, 2.05) is 12.2 Å². The third-order valence-corrected chi connectivity index (χ3v) is 8.44. The van der Waals surface area contributed by atoms with E-state index >= 15 is 0 Å². The molecule has 4 aliphatic rings. The molecule has 2 saturated carbocycles. The van der Waals surface area contributed by atoms with Gasteiger partial charge in [0.1, 0.15) is 0 Å². The van der Waals surface area contributed by atoms with E-state index in [9.17, 15) is 20.1 Å². The molecular formula is C25H36O4. The maximum Gasteiger partial charge on any atom is 0.159 e. The second-order valence-corrected chi connectivity index (χ2v) is 10.3. The van der Waals surface area contributed by atoms with Gasteiger partial charge in [-0.1, -0.05) is 35.8 Å². The standard InChI is InChI=1S/C25H36O4/c1-14(10-23(28)15(2)26)21-6-7-22-20-13-24(29)17-11-16(4-5-18(27)12-17)19(20)8-9-25(21,22)3/h4,10,13,15,17-19,21-23,26-28H,5-9,11-12H2,1-3H3/b14-10+/t15-,17-,18-,19+,21+,22-,23-,25+/m0/s1. The second-order valence-electron chi connectivity index (χ2n) is 10.3. The molecule has 0 radical (unpaired) electrons. The van der Waals surface area contributed by atoms with Gasteiger partial charge in [-0.15, -0.1) is 0 Å². The molecule has 2 bridgehead atoms. The normalized spacial score (nSPS) is 42.1. The lowest BCUT2D eigenvalue weighted by molar-refractivity contribution is -0.119. The van der Waals surface area contributed by atoms with Crippen LogP contribution in [0.2, 0.25) is 0 Å². The quantitative estimate of drug-likeness (QED) is 0.631. The molecule has 4 aliphatic carbocycles. The summed E-state index contributed by atoms with van der Waals surface area (Å²) in [6.45, 7) is 6.07. The number of carbonyl (C=O) groups is 1. The average Bonchev–Trinajstić information content (AvgIpc) is 2.80. The van der Waals surface area contributed by atoms with Crippen molar-refractivity contribution in [2.45, 2.75) is 84.0 Å². The van der Waals surface area contributed by atoms with Crippen molar-refractivity contribution in [2.75, 3.05) is 0 Å². The predicted molar refractivity (Wildman–Crippen MR) is 113 cm³/mol. The summed E-state index contributed by atoms with van der Waals surface area (Å²) >= 11 is 0. The lowest BCUT2D eigenvalue weighted by Crippen LogP contribution is -2.37. The summed E-state index contributed by atoms with van der Waals surface area (Å²) in [6.07, 6.45) is 10.4. The van der Waals surface area contributed by atoms with E-state index in [-0.39, 0.29) is 17.1 Å². The Morgan fingerprint density at radius 1 is 1.28 bits per heavy atom. The Morgan fingerprint density at radius 2 is 2.03 bits per heavy atom. The SMILES string of the molecule is C/C(=C\[C@H](O)[C@H](C)O)[C@H]1CC[C@H]2C3=CC(=O)[C@H]4CC(=CC[C@H](O)C4)[C@H]3CC[C@]12C. The van der Waals surface area contributed by atoms with Gasteiger partial charge in [-0.3, -0.25) is 4.79 Å². The second kappa shape index (κ2) is 7.79. The van der Waals surface area contributed by atoms with Crippen molar-refractivity contribution in [2.24, 2.45) is 29.1 Å². The van der Waals surface area contributed by atoms with E-state index in [1.165, 1.54) is 16.7 Å². The van der Waals surface area contributed by atoms with Crippen molar-refractivity contribution < 1.29 is 20.1 Å². The van der Waals surface area contributed by atoms with Crippen molar-refractivity contribution in [3.8, 4) is 0 Å². The molecule has 0 aliphatic heterocycles. The number of fused-ring (bicyclic) bond motifs is 6. The van der Waals surface area contributed by atoms with E-state index in [0.29, 0.717) is 30.6 Å². The van der Waals surface area contributed by atoms with Gasteiger partial charge in [0.25, 0.3) is 0 Å². The minimum atomic E-state index is -0.827. The Hall–Kier alpha value is -1.23. The Kier molecular flexibility index (Phi) is 5.65. The number of carbonyl (C=O) groups excluding carboxylic acids is 1. The zero-order valence-corrected chi connectivity index (χ0v) is 18.0. The van der Waals surface area contributed by atoms with E-state index in [1.54, 1.807) is 6.92 Å². The topological polar surface area (TPSA) is 77.8 Å². The number of aliphatic hydroxyl groups is 3. The molecule has 4 nitrogen and oxygen atoms in total. The van der Waals surface area contributed by atoms with Crippen LogP contribution in [-0.2, 0) is 4.79 Å². The first kappa shape index (κ1) is 21.0. The van der Waals surface area contributed by atoms with Crippen molar-refractivity contribution in [1.29, 1.82) is 0 Å². The third-order valence-electron chi connectivity index (χ3n) is 8.44. The van der Waals surface area contributed by atoms with Crippen LogP contribution in [-0.4, -0.2) is 39.4 Å². The first-order valence-corrected chi connectivity index (χ1v) is 11.4. The fraction of sp³-hybridized carbons (Fsp3) is 0.720. The monoisotopic (exact) mass is 400 g/mol. The number of rotatable bonds is 3. The minimum absolute atomic E-state index is 0.0665. The fourth-order valence-corrected chi connectivity index (χ4v) is 6.82. The number of ketones is 1. The number of aliphatic hydroxyl groups excluding tert-OH is 3. The van der Waals surface area contributed by atoms with Crippen LogP contribution in [0.5, 0.6) is 0 Å². The molecule has 0 aromatic heterocycles. The third kappa shape index (κ3) is 3.68. The van der Waals surface area contributed by atoms with Crippen LogP contribution in [0.4, 0.5) is 0 Å². The summed E-state index contributed by atoms with van der Waals surface area (Å²) in [6, 6.07) is 0. The minimum Gasteiger partial charge on any atom is -0.393 e. The summed E-state index contributed by atoms with van der Waals surface area (Å²) in [4.78, 5) is 13.0. The highest BCUT2D eigenvalue weighted by Crippen LogP contribution is 2.62. The highest BCUT2D eigenvalue weighted by molar-refractivity contribution is 5.93. The fourth-order valence-electron chi connectivity index (χ4n) is 6.82. The highest BCUT2D eigenvalue weighted by Gasteiger charge is 2.53. The van der Waals surface area contributed by atoms with Crippen LogP contribution in [0.1, 0.15) is 65.7 Å². The van der Waals surface area contributed by atoms with E-state index in [0.717, 1.165) is 32.1 Å².